The second kappa shape index (κ2) is 9.57. The highest BCUT2D eigenvalue weighted by Crippen LogP contribution is 2.17. The average Bonchev–Trinajstić information content (AvgIpc) is 3.28. The van der Waals surface area contributed by atoms with Gasteiger partial charge < -0.3 is 14.4 Å². The van der Waals surface area contributed by atoms with E-state index < -0.39 is 6.10 Å². The summed E-state index contributed by atoms with van der Waals surface area (Å²) in [5, 5.41) is 12.1. The molecule has 9 heteroatoms. The Morgan fingerprint density at radius 3 is 2.39 bits per heavy atom. The number of tetrazole rings is 1. The first-order valence-electron chi connectivity index (χ1n) is 10.3. The van der Waals surface area contributed by atoms with Crippen LogP contribution in [-0.4, -0.2) is 75.3 Å². The van der Waals surface area contributed by atoms with Gasteiger partial charge >= 0.3 is 0 Å². The summed E-state index contributed by atoms with van der Waals surface area (Å²) in [7, 11) is 1.64. The van der Waals surface area contributed by atoms with Crippen LogP contribution >= 0.6 is 0 Å². The molecule has 31 heavy (non-hydrogen) atoms. The molecule has 162 valence electrons. The number of methoxy groups -OCH3 is 1. The van der Waals surface area contributed by atoms with Crippen LogP contribution in [-0.2, 0) is 11.3 Å². The first-order valence-corrected chi connectivity index (χ1v) is 10.3. The van der Waals surface area contributed by atoms with Gasteiger partial charge in [-0.2, -0.15) is 4.68 Å². The number of para-hydroxylation sites is 1. The van der Waals surface area contributed by atoms with Crippen molar-refractivity contribution >= 4 is 5.91 Å². The Morgan fingerprint density at radius 2 is 1.71 bits per heavy atom. The van der Waals surface area contributed by atoms with Crippen molar-refractivity contribution in [2.75, 3.05) is 33.3 Å². The minimum absolute atomic E-state index is 0.00608. The minimum Gasteiger partial charge on any atom is -0.497 e. The molecule has 0 saturated carbocycles. The number of hydrogen-bond acceptors (Lipinski definition) is 7. The maximum absolute atomic E-state index is 12.8. The van der Waals surface area contributed by atoms with Crippen LogP contribution in [0.15, 0.2) is 54.6 Å². The molecule has 1 saturated heterocycles. The van der Waals surface area contributed by atoms with Gasteiger partial charge in [-0.1, -0.05) is 18.2 Å². The molecule has 2 heterocycles. The van der Waals surface area contributed by atoms with Crippen molar-refractivity contribution in [3.8, 4) is 17.2 Å². The minimum atomic E-state index is -0.517. The number of benzene rings is 2. The molecular formula is C22H26N6O3. The Labute approximate surface area is 181 Å². The lowest BCUT2D eigenvalue weighted by Crippen LogP contribution is -2.51. The fourth-order valence-corrected chi connectivity index (χ4v) is 3.57. The van der Waals surface area contributed by atoms with Crippen molar-refractivity contribution in [2.45, 2.75) is 19.6 Å². The summed E-state index contributed by atoms with van der Waals surface area (Å²) in [4.78, 5) is 16.9. The third kappa shape index (κ3) is 5.00. The molecule has 1 amide bonds. The normalized spacial score (nSPS) is 15.5. The number of carbonyl (C=O) groups is 1. The van der Waals surface area contributed by atoms with Gasteiger partial charge in [0.1, 0.15) is 11.5 Å². The van der Waals surface area contributed by atoms with E-state index in [0.717, 1.165) is 30.4 Å². The lowest BCUT2D eigenvalue weighted by atomic mass is 10.2. The zero-order valence-electron chi connectivity index (χ0n) is 17.7. The third-order valence-corrected chi connectivity index (χ3v) is 5.30. The Bertz CT molecular complexity index is 984. The van der Waals surface area contributed by atoms with Crippen molar-refractivity contribution in [1.82, 2.24) is 30.0 Å². The van der Waals surface area contributed by atoms with Crippen LogP contribution in [0.5, 0.6) is 11.5 Å². The van der Waals surface area contributed by atoms with Crippen molar-refractivity contribution in [3.05, 3.63) is 60.4 Å². The molecule has 0 radical (unpaired) electrons. The topological polar surface area (TPSA) is 85.6 Å². The maximum atomic E-state index is 12.8. The van der Waals surface area contributed by atoms with Crippen LogP contribution < -0.4 is 9.47 Å². The highest BCUT2D eigenvalue weighted by molar-refractivity contribution is 5.81. The van der Waals surface area contributed by atoms with E-state index in [1.165, 1.54) is 0 Å². The molecule has 0 N–H and O–H groups in total. The average molecular weight is 422 g/mol. The third-order valence-electron chi connectivity index (χ3n) is 5.30. The molecule has 1 fully saturated rings. The molecule has 2 aromatic carbocycles. The van der Waals surface area contributed by atoms with Crippen molar-refractivity contribution < 1.29 is 14.3 Å². The number of aromatic nitrogens is 4. The molecule has 9 nitrogen and oxygen atoms in total. The number of piperazine rings is 1. The fourth-order valence-electron chi connectivity index (χ4n) is 3.57. The van der Waals surface area contributed by atoms with E-state index in [2.05, 4.69) is 20.4 Å². The van der Waals surface area contributed by atoms with Crippen LogP contribution in [0.2, 0.25) is 0 Å². The smallest absolute Gasteiger partial charge is 0.263 e. The highest BCUT2D eigenvalue weighted by Gasteiger charge is 2.27. The van der Waals surface area contributed by atoms with Crippen LogP contribution in [0.3, 0.4) is 0 Å². The molecule has 0 spiro atoms. The molecule has 1 aliphatic rings. The van der Waals surface area contributed by atoms with E-state index in [0.29, 0.717) is 25.4 Å². The summed E-state index contributed by atoms with van der Waals surface area (Å²) in [6, 6.07) is 17.0. The SMILES string of the molecule is COc1ccc(-n2nnnc2CN2CCN(C(=O)C(C)Oc3ccccc3)CC2)cc1. The second-order valence-electron chi connectivity index (χ2n) is 7.38. The van der Waals surface area contributed by atoms with Gasteiger partial charge in [-0.25, -0.2) is 0 Å². The van der Waals surface area contributed by atoms with E-state index in [-0.39, 0.29) is 5.91 Å². The second-order valence-corrected chi connectivity index (χ2v) is 7.38. The number of rotatable bonds is 7. The Morgan fingerprint density at radius 1 is 1.00 bits per heavy atom. The highest BCUT2D eigenvalue weighted by atomic mass is 16.5. The molecule has 0 aliphatic carbocycles. The molecular weight excluding hydrogens is 396 g/mol. The van der Waals surface area contributed by atoms with Gasteiger partial charge in [0.25, 0.3) is 5.91 Å². The molecule has 1 aromatic heterocycles. The number of nitrogens with zero attached hydrogens (tertiary/aromatic N) is 6. The van der Waals surface area contributed by atoms with Crippen LogP contribution in [0.4, 0.5) is 0 Å². The Hall–Kier alpha value is -3.46. The lowest BCUT2D eigenvalue weighted by Gasteiger charge is -2.35. The van der Waals surface area contributed by atoms with Gasteiger partial charge in [-0.3, -0.25) is 9.69 Å². The summed E-state index contributed by atoms with van der Waals surface area (Å²) >= 11 is 0. The number of hydrogen-bond donors (Lipinski definition) is 0. The monoisotopic (exact) mass is 422 g/mol. The predicted octanol–water partition coefficient (Wildman–Crippen LogP) is 1.78. The molecule has 1 aliphatic heterocycles. The van der Waals surface area contributed by atoms with Crippen molar-refractivity contribution in [2.24, 2.45) is 0 Å². The first-order chi connectivity index (χ1) is 15.1. The Balaban J connectivity index is 1.31. The van der Waals surface area contributed by atoms with Crippen LogP contribution in [0, 0.1) is 0 Å². The number of amides is 1. The summed E-state index contributed by atoms with van der Waals surface area (Å²) in [6.07, 6.45) is -0.517. The largest absolute Gasteiger partial charge is 0.497 e. The van der Waals surface area contributed by atoms with Crippen LogP contribution in [0.1, 0.15) is 12.7 Å². The Kier molecular flexibility index (Phi) is 6.42. The molecule has 1 unspecified atom stereocenters. The van der Waals surface area contributed by atoms with Gasteiger partial charge in [0.15, 0.2) is 11.9 Å². The van der Waals surface area contributed by atoms with Crippen LogP contribution in [0.25, 0.3) is 5.69 Å². The van der Waals surface area contributed by atoms with Gasteiger partial charge in [-0.15, -0.1) is 5.10 Å². The van der Waals surface area contributed by atoms with Crippen molar-refractivity contribution in [3.63, 3.8) is 0 Å². The van der Waals surface area contributed by atoms with E-state index in [1.54, 1.807) is 18.7 Å². The lowest BCUT2D eigenvalue weighted by molar-refractivity contribution is -0.139. The summed E-state index contributed by atoms with van der Waals surface area (Å²) in [5.41, 5.74) is 0.876. The van der Waals surface area contributed by atoms with Gasteiger partial charge in [-0.05, 0) is 53.7 Å². The van der Waals surface area contributed by atoms with E-state index in [1.807, 2.05) is 59.5 Å². The zero-order chi connectivity index (χ0) is 21.6. The fraction of sp³-hybridized carbons (Fsp3) is 0.364. The molecule has 0 bridgehead atoms. The summed E-state index contributed by atoms with van der Waals surface area (Å²) in [5.74, 6) is 2.24. The first kappa shape index (κ1) is 20.8. The van der Waals surface area contributed by atoms with Gasteiger partial charge in [0.2, 0.25) is 0 Å². The quantitative estimate of drug-likeness (QED) is 0.574. The summed E-state index contributed by atoms with van der Waals surface area (Å²) < 4.78 is 12.7. The van der Waals surface area contributed by atoms with Gasteiger partial charge in [0, 0.05) is 26.2 Å². The predicted molar refractivity (Wildman–Crippen MR) is 114 cm³/mol. The maximum Gasteiger partial charge on any atom is 0.263 e. The molecule has 1 atom stereocenters. The standard InChI is InChI=1S/C22H26N6O3/c1-17(31-20-6-4-3-5-7-20)22(29)27-14-12-26(13-15-27)16-21-23-24-25-28(21)18-8-10-19(30-2)11-9-18/h3-11,17H,12-16H2,1-2H3. The van der Waals surface area contributed by atoms with E-state index >= 15 is 0 Å². The number of carbonyl (C=O) groups excluding carboxylic acids is 1. The van der Waals surface area contributed by atoms with Gasteiger partial charge in [0.05, 0.1) is 19.3 Å². The zero-order valence-corrected chi connectivity index (χ0v) is 17.7. The summed E-state index contributed by atoms with van der Waals surface area (Å²) in [6.45, 7) is 5.19. The van der Waals surface area contributed by atoms with E-state index in [9.17, 15) is 4.79 Å². The number of ether oxygens (including phenoxy) is 2. The van der Waals surface area contributed by atoms with E-state index in [4.69, 9.17) is 9.47 Å². The van der Waals surface area contributed by atoms with Crippen molar-refractivity contribution in [1.29, 1.82) is 0 Å². The molecule has 4 rings (SSSR count). The molecule has 3 aromatic rings.